The number of carbonyl (C=O) groups excluding carboxylic acids is 2. The van der Waals surface area contributed by atoms with Crippen molar-refractivity contribution >= 4 is 12.0 Å². The highest BCUT2D eigenvalue weighted by Crippen LogP contribution is 2.50. The van der Waals surface area contributed by atoms with Crippen LogP contribution in [0.25, 0.3) is 0 Å². The number of amides is 2. The lowest BCUT2D eigenvalue weighted by Crippen LogP contribution is -2.41. The molecule has 0 aromatic rings. The Hall–Kier alpha value is -1.26. The Labute approximate surface area is 127 Å². The van der Waals surface area contributed by atoms with Gasteiger partial charge >= 0.3 is 6.09 Å². The largest absolute Gasteiger partial charge is 0.444 e. The molecule has 0 bridgehead atoms. The highest BCUT2D eigenvalue weighted by atomic mass is 16.6. The highest BCUT2D eigenvalue weighted by molar-refractivity contribution is 5.82. The van der Waals surface area contributed by atoms with Crippen LogP contribution >= 0.6 is 0 Å². The Morgan fingerprint density at radius 2 is 2.05 bits per heavy atom. The summed E-state index contributed by atoms with van der Waals surface area (Å²) in [6.45, 7) is 11.7. The van der Waals surface area contributed by atoms with Crippen LogP contribution in [0.4, 0.5) is 4.79 Å². The number of nitrogens with one attached hydrogen (secondary N) is 1. The van der Waals surface area contributed by atoms with E-state index in [1.807, 2.05) is 4.90 Å². The predicted molar refractivity (Wildman–Crippen MR) is 80.8 cm³/mol. The minimum absolute atomic E-state index is 0.0101. The van der Waals surface area contributed by atoms with Crippen molar-refractivity contribution in [1.29, 1.82) is 0 Å². The molecule has 0 aromatic carbocycles. The third-order valence-corrected chi connectivity index (χ3v) is 4.62. The number of rotatable bonds is 2. The minimum Gasteiger partial charge on any atom is -0.444 e. The van der Waals surface area contributed by atoms with Gasteiger partial charge in [-0.1, -0.05) is 13.8 Å². The first-order valence-corrected chi connectivity index (χ1v) is 7.84. The maximum absolute atomic E-state index is 12.2. The van der Waals surface area contributed by atoms with Crippen molar-refractivity contribution in [3.8, 4) is 0 Å². The molecule has 2 amide bonds. The Kier molecular flexibility index (Phi) is 4.22. The summed E-state index contributed by atoms with van der Waals surface area (Å²) in [6.07, 6.45) is 1.87. The van der Waals surface area contributed by atoms with E-state index in [0.29, 0.717) is 5.92 Å². The fourth-order valence-corrected chi connectivity index (χ4v) is 3.84. The molecule has 0 aromatic heterocycles. The molecule has 2 rings (SSSR count). The van der Waals surface area contributed by atoms with Gasteiger partial charge in [-0.25, -0.2) is 4.79 Å². The van der Waals surface area contributed by atoms with Crippen molar-refractivity contribution in [3.63, 3.8) is 0 Å². The van der Waals surface area contributed by atoms with Crippen molar-refractivity contribution in [2.45, 2.75) is 53.1 Å². The lowest BCUT2D eigenvalue weighted by Gasteiger charge is -2.24. The standard InChI is InChI=1S/C16H28N2O3/c1-11-6-12-9-18(10-16(12,5)7-11)13(19)8-17-14(20)21-15(2,3)4/h11-12H,6-10H2,1-5H3,(H,17,20). The first kappa shape index (κ1) is 16.1. The Morgan fingerprint density at radius 3 is 2.62 bits per heavy atom. The van der Waals surface area contributed by atoms with E-state index in [9.17, 15) is 9.59 Å². The van der Waals surface area contributed by atoms with Crippen LogP contribution in [-0.4, -0.2) is 42.1 Å². The molecule has 3 unspecified atom stereocenters. The molecule has 120 valence electrons. The summed E-state index contributed by atoms with van der Waals surface area (Å²) in [5, 5.41) is 2.55. The van der Waals surface area contributed by atoms with Crippen molar-refractivity contribution in [2.24, 2.45) is 17.3 Å². The summed E-state index contributed by atoms with van der Waals surface area (Å²) in [6, 6.07) is 0. The van der Waals surface area contributed by atoms with Gasteiger partial charge in [0.05, 0.1) is 0 Å². The van der Waals surface area contributed by atoms with Crippen molar-refractivity contribution in [1.82, 2.24) is 10.2 Å². The molecule has 0 spiro atoms. The molecule has 5 heteroatoms. The molecule has 0 radical (unpaired) electrons. The summed E-state index contributed by atoms with van der Waals surface area (Å²) in [5.41, 5.74) is -0.275. The molecule has 3 atom stereocenters. The maximum atomic E-state index is 12.2. The van der Waals surface area contributed by atoms with E-state index < -0.39 is 11.7 Å². The number of ether oxygens (including phenoxy) is 1. The van der Waals surface area contributed by atoms with Gasteiger partial charge in [-0.15, -0.1) is 0 Å². The van der Waals surface area contributed by atoms with Crippen LogP contribution < -0.4 is 5.32 Å². The lowest BCUT2D eigenvalue weighted by atomic mass is 9.83. The van der Waals surface area contributed by atoms with Gasteiger partial charge in [0.15, 0.2) is 0 Å². The van der Waals surface area contributed by atoms with E-state index in [1.165, 1.54) is 12.8 Å². The quantitative estimate of drug-likeness (QED) is 0.851. The summed E-state index contributed by atoms with van der Waals surface area (Å²) in [5.74, 6) is 1.36. The van der Waals surface area contributed by atoms with Crippen LogP contribution in [0.3, 0.4) is 0 Å². The van der Waals surface area contributed by atoms with Crippen molar-refractivity contribution < 1.29 is 14.3 Å². The molecule has 1 saturated heterocycles. The van der Waals surface area contributed by atoms with E-state index in [1.54, 1.807) is 20.8 Å². The van der Waals surface area contributed by atoms with Gasteiger partial charge in [-0.2, -0.15) is 0 Å². The van der Waals surface area contributed by atoms with Gasteiger partial charge in [-0.05, 0) is 50.9 Å². The third kappa shape index (κ3) is 3.89. The topological polar surface area (TPSA) is 58.6 Å². The first-order valence-electron chi connectivity index (χ1n) is 7.84. The Balaban J connectivity index is 1.80. The van der Waals surface area contributed by atoms with Gasteiger partial charge in [0.2, 0.25) is 5.91 Å². The molecule has 2 fully saturated rings. The molecule has 5 nitrogen and oxygen atoms in total. The Bertz CT molecular complexity index is 430. The second-order valence-corrected chi connectivity index (χ2v) is 8.03. The summed E-state index contributed by atoms with van der Waals surface area (Å²) < 4.78 is 5.14. The highest BCUT2D eigenvalue weighted by Gasteiger charge is 2.49. The minimum atomic E-state index is -0.540. The zero-order valence-electron chi connectivity index (χ0n) is 13.9. The fourth-order valence-electron chi connectivity index (χ4n) is 3.84. The number of fused-ring (bicyclic) bond motifs is 1. The number of hydrogen-bond acceptors (Lipinski definition) is 3. The van der Waals surface area contributed by atoms with Gasteiger partial charge in [0.25, 0.3) is 0 Å². The van der Waals surface area contributed by atoms with Gasteiger partial charge in [-0.3, -0.25) is 4.79 Å². The first-order chi connectivity index (χ1) is 9.59. The molecule has 1 saturated carbocycles. The molecule has 2 aliphatic rings. The van der Waals surface area contributed by atoms with Crippen molar-refractivity contribution in [3.05, 3.63) is 0 Å². The van der Waals surface area contributed by atoms with Crippen LogP contribution in [0, 0.1) is 17.3 Å². The SMILES string of the molecule is CC1CC2CN(C(=O)CNC(=O)OC(C)(C)C)CC2(C)C1. The second-order valence-electron chi connectivity index (χ2n) is 8.03. The summed E-state index contributed by atoms with van der Waals surface area (Å²) in [4.78, 5) is 25.7. The molecule has 1 aliphatic heterocycles. The second kappa shape index (κ2) is 5.50. The summed E-state index contributed by atoms with van der Waals surface area (Å²) >= 11 is 0. The van der Waals surface area contributed by atoms with E-state index in [2.05, 4.69) is 19.2 Å². The van der Waals surface area contributed by atoms with Gasteiger partial charge < -0.3 is 15.0 Å². The lowest BCUT2D eigenvalue weighted by molar-refractivity contribution is -0.129. The fraction of sp³-hybridized carbons (Fsp3) is 0.875. The van der Waals surface area contributed by atoms with Crippen LogP contribution in [0.2, 0.25) is 0 Å². The molecule has 1 aliphatic carbocycles. The number of hydrogen-bond donors (Lipinski definition) is 1. The molecule has 1 heterocycles. The van der Waals surface area contributed by atoms with Crippen molar-refractivity contribution in [2.75, 3.05) is 19.6 Å². The van der Waals surface area contributed by atoms with E-state index >= 15 is 0 Å². The van der Waals surface area contributed by atoms with E-state index in [0.717, 1.165) is 19.0 Å². The molecular formula is C16H28N2O3. The maximum Gasteiger partial charge on any atom is 0.408 e. The van der Waals surface area contributed by atoms with Crippen LogP contribution in [0.1, 0.15) is 47.5 Å². The zero-order valence-corrected chi connectivity index (χ0v) is 13.9. The summed E-state index contributed by atoms with van der Waals surface area (Å²) in [7, 11) is 0. The average Bonchev–Trinajstić information content (AvgIpc) is 2.73. The smallest absolute Gasteiger partial charge is 0.408 e. The molecular weight excluding hydrogens is 268 g/mol. The third-order valence-electron chi connectivity index (χ3n) is 4.62. The van der Waals surface area contributed by atoms with Crippen LogP contribution in [-0.2, 0) is 9.53 Å². The number of alkyl carbamates (subject to hydrolysis) is 1. The predicted octanol–water partition coefficient (Wildman–Crippen LogP) is 2.41. The van der Waals surface area contributed by atoms with Gasteiger partial charge in [0.1, 0.15) is 12.1 Å². The van der Waals surface area contributed by atoms with E-state index in [4.69, 9.17) is 4.74 Å². The normalized spacial score (nSPS) is 32.0. The zero-order chi connectivity index (χ0) is 15.8. The number of carbonyl (C=O) groups is 2. The molecule has 1 N–H and O–H groups in total. The Morgan fingerprint density at radius 1 is 1.38 bits per heavy atom. The van der Waals surface area contributed by atoms with Crippen LogP contribution in [0.5, 0.6) is 0 Å². The number of nitrogens with zero attached hydrogens (tertiary/aromatic N) is 1. The van der Waals surface area contributed by atoms with Gasteiger partial charge in [0, 0.05) is 13.1 Å². The van der Waals surface area contributed by atoms with Crippen LogP contribution in [0.15, 0.2) is 0 Å². The monoisotopic (exact) mass is 296 g/mol. The molecule has 21 heavy (non-hydrogen) atoms. The van der Waals surface area contributed by atoms with E-state index in [-0.39, 0.29) is 17.9 Å². The number of likely N-dealkylation sites (tertiary alicyclic amines) is 1. The average molecular weight is 296 g/mol.